The summed E-state index contributed by atoms with van der Waals surface area (Å²) in [5.74, 6) is 0. The first-order valence-electron chi connectivity index (χ1n) is 8.55. The smallest absolute Gasteiger partial charge is 0.0880 e. The summed E-state index contributed by atoms with van der Waals surface area (Å²) >= 11 is 0. The Kier molecular flexibility index (Phi) is 10.9. The van der Waals surface area contributed by atoms with Crippen LogP contribution in [-0.2, 0) is 0 Å². The zero-order chi connectivity index (χ0) is 17.0. The third-order valence-corrected chi connectivity index (χ3v) is 4.23. The molecule has 0 aromatic heterocycles. The molecule has 0 spiro atoms. The van der Waals surface area contributed by atoms with Gasteiger partial charge in [0.1, 0.15) is 0 Å². The number of allylic oxidation sites excluding steroid dienone is 6. The minimum Gasteiger partial charge on any atom is -0.471 e. The predicted molar refractivity (Wildman–Crippen MR) is 101 cm³/mol. The number of nitrogens with two attached hydrogens (primary N) is 1. The molecule has 0 heterocycles. The highest BCUT2D eigenvalue weighted by molar-refractivity contribution is 5.06. The zero-order valence-corrected chi connectivity index (χ0v) is 15.5. The van der Waals surface area contributed by atoms with Crippen LogP contribution in [-0.4, -0.2) is 5.54 Å². The summed E-state index contributed by atoms with van der Waals surface area (Å²) in [6.45, 7) is 14.9. The van der Waals surface area contributed by atoms with Crippen molar-refractivity contribution in [2.24, 2.45) is 0 Å². The van der Waals surface area contributed by atoms with Crippen molar-refractivity contribution >= 4 is 0 Å². The second-order valence-corrected chi connectivity index (χ2v) is 6.91. The molecule has 0 bridgehead atoms. The molecule has 1 nitrogen and oxygen atoms in total. The predicted octanol–water partition coefficient (Wildman–Crippen LogP) is 5.49. The van der Waals surface area contributed by atoms with Gasteiger partial charge in [0.25, 0.3) is 0 Å². The molecule has 0 saturated heterocycles. The van der Waals surface area contributed by atoms with Crippen LogP contribution in [0.2, 0.25) is 0 Å². The van der Waals surface area contributed by atoms with E-state index < -0.39 is 0 Å². The second kappa shape index (κ2) is 11.5. The van der Waals surface area contributed by atoms with Gasteiger partial charge < -0.3 is 5.32 Å². The van der Waals surface area contributed by atoms with Crippen molar-refractivity contribution in [1.29, 1.82) is 0 Å². The lowest BCUT2D eigenvalue weighted by molar-refractivity contribution is -0.660. The topological polar surface area (TPSA) is 16.6 Å². The van der Waals surface area contributed by atoms with Crippen LogP contribution in [0.5, 0.6) is 0 Å². The maximum absolute atomic E-state index is 3.90. The highest BCUT2D eigenvalue weighted by atomic mass is 14.9. The molecule has 1 heteroatoms. The first-order valence-corrected chi connectivity index (χ1v) is 8.55. The van der Waals surface area contributed by atoms with Crippen molar-refractivity contribution in [3.63, 3.8) is 0 Å². The minimum absolute atomic E-state index is 0.0677. The van der Waals surface area contributed by atoms with Crippen LogP contribution >= 0.6 is 0 Å². The van der Waals surface area contributed by atoms with Crippen molar-refractivity contribution in [3.8, 4) is 0 Å². The molecule has 0 fully saturated rings. The Hall–Kier alpha value is -1.08. The van der Waals surface area contributed by atoms with E-state index in [-0.39, 0.29) is 5.54 Å². The van der Waals surface area contributed by atoms with Gasteiger partial charge in [0, 0.05) is 6.42 Å². The first kappa shape index (κ1) is 20.9. The third-order valence-electron chi connectivity index (χ3n) is 4.23. The van der Waals surface area contributed by atoms with Crippen LogP contribution < -0.4 is 5.32 Å². The lowest BCUT2D eigenvalue weighted by Gasteiger charge is -2.24. The molecular formula is C21H37N. The van der Waals surface area contributed by atoms with Crippen molar-refractivity contribution in [2.45, 2.75) is 78.7 Å². The van der Waals surface area contributed by atoms with Gasteiger partial charge in [0.15, 0.2) is 0 Å². The SMILES string of the molecule is C=CC(C)(CCC=C(C)CCC=C(C)CCC=C(C)C)[NH2+][CH2-]. The van der Waals surface area contributed by atoms with Crippen LogP contribution in [0.15, 0.2) is 47.6 Å². The van der Waals surface area contributed by atoms with Crippen molar-refractivity contribution in [1.82, 2.24) is 0 Å². The maximum Gasteiger partial charge on any atom is 0.0880 e. The molecule has 1 atom stereocenters. The van der Waals surface area contributed by atoms with E-state index in [1.54, 1.807) is 0 Å². The van der Waals surface area contributed by atoms with E-state index in [9.17, 15) is 0 Å². The van der Waals surface area contributed by atoms with Crippen LogP contribution in [0, 0.1) is 7.05 Å². The Bertz CT molecular complexity index is 408. The monoisotopic (exact) mass is 303 g/mol. The van der Waals surface area contributed by atoms with E-state index in [1.807, 2.05) is 11.4 Å². The normalized spacial score (nSPS) is 15.4. The molecule has 0 aromatic rings. The molecular weight excluding hydrogens is 266 g/mol. The highest BCUT2D eigenvalue weighted by Gasteiger charge is 2.17. The van der Waals surface area contributed by atoms with Gasteiger partial charge in [-0.3, -0.25) is 0 Å². The molecule has 2 N–H and O–H groups in total. The van der Waals surface area contributed by atoms with Crippen molar-refractivity contribution in [3.05, 3.63) is 54.7 Å². The van der Waals surface area contributed by atoms with E-state index in [0.717, 1.165) is 19.3 Å². The minimum atomic E-state index is 0.0677. The summed E-state index contributed by atoms with van der Waals surface area (Å²) in [5.41, 5.74) is 4.48. The molecule has 0 rings (SSSR count). The Morgan fingerprint density at radius 1 is 0.955 bits per heavy atom. The average Bonchev–Trinajstić information content (AvgIpc) is 2.46. The van der Waals surface area contributed by atoms with E-state index in [1.165, 1.54) is 36.0 Å². The standard InChI is InChI=1S/C21H37N/c1-8-21(6,22-7)17-11-16-20(5)15-10-14-19(4)13-9-12-18(2)3/h8,12,14,16H,1,7,9-11,13,15,17,22H2,2-6H3. The van der Waals surface area contributed by atoms with Gasteiger partial charge in [-0.25, -0.2) is 0 Å². The fraction of sp³-hybridized carbons (Fsp3) is 0.571. The van der Waals surface area contributed by atoms with Crippen LogP contribution in [0.3, 0.4) is 0 Å². The molecule has 0 aromatic carbocycles. The Labute approximate surface area is 139 Å². The Morgan fingerprint density at radius 2 is 1.45 bits per heavy atom. The van der Waals surface area contributed by atoms with Crippen LogP contribution in [0.25, 0.3) is 0 Å². The molecule has 0 radical (unpaired) electrons. The lowest BCUT2D eigenvalue weighted by Crippen LogP contribution is -2.89. The fourth-order valence-corrected chi connectivity index (χ4v) is 2.26. The van der Waals surface area contributed by atoms with Crippen LogP contribution in [0.4, 0.5) is 0 Å². The molecule has 126 valence electrons. The summed E-state index contributed by atoms with van der Waals surface area (Å²) in [6.07, 6.45) is 16.0. The molecule has 0 aliphatic carbocycles. The molecule has 1 unspecified atom stereocenters. The summed E-state index contributed by atoms with van der Waals surface area (Å²) in [5, 5.41) is 2.00. The third kappa shape index (κ3) is 10.6. The second-order valence-electron chi connectivity index (χ2n) is 6.91. The van der Waals surface area contributed by atoms with E-state index in [0.29, 0.717) is 0 Å². The molecule has 0 aliphatic rings. The number of quaternary nitrogens is 1. The van der Waals surface area contributed by atoms with E-state index in [2.05, 4.69) is 66.5 Å². The van der Waals surface area contributed by atoms with E-state index in [4.69, 9.17) is 0 Å². The van der Waals surface area contributed by atoms with Gasteiger partial charge in [-0.1, -0.05) is 41.5 Å². The molecule has 0 saturated carbocycles. The van der Waals surface area contributed by atoms with Crippen LogP contribution in [0.1, 0.15) is 73.1 Å². The first-order chi connectivity index (χ1) is 10.3. The summed E-state index contributed by atoms with van der Waals surface area (Å²) in [7, 11) is 3.90. The zero-order valence-electron chi connectivity index (χ0n) is 15.5. The quantitative estimate of drug-likeness (QED) is 0.384. The summed E-state index contributed by atoms with van der Waals surface area (Å²) in [4.78, 5) is 0. The van der Waals surface area contributed by atoms with Gasteiger partial charge in [0.2, 0.25) is 0 Å². The fourth-order valence-electron chi connectivity index (χ4n) is 2.26. The molecule has 0 aliphatic heterocycles. The van der Waals surface area contributed by atoms with Gasteiger partial charge in [-0.2, -0.15) is 7.05 Å². The summed E-state index contributed by atoms with van der Waals surface area (Å²) < 4.78 is 0. The number of hydrogen-bond donors (Lipinski definition) is 1. The van der Waals surface area contributed by atoms with Gasteiger partial charge in [0.05, 0.1) is 5.54 Å². The maximum atomic E-state index is 3.90. The van der Waals surface area contributed by atoms with Crippen molar-refractivity contribution < 1.29 is 5.32 Å². The molecule has 0 amide bonds. The highest BCUT2D eigenvalue weighted by Crippen LogP contribution is 2.14. The van der Waals surface area contributed by atoms with Gasteiger partial charge >= 0.3 is 0 Å². The Balaban J connectivity index is 4.06. The van der Waals surface area contributed by atoms with Gasteiger partial charge in [-0.05, 0) is 72.8 Å². The number of hydrogen-bond acceptors (Lipinski definition) is 0. The average molecular weight is 304 g/mol. The lowest BCUT2D eigenvalue weighted by atomic mass is 9.95. The van der Waals surface area contributed by atoms with Crippen molar-refractivity contribution in [2.75, 3.05) is 0 Å². The largest absolute Gasteiger partial charge is 0.471 e. The molecule has 22 heavy (non-hydrogen) atoms. The number of rotatable bonds is 11. The van der Waals surface area contributed by atoms with Gasteiger partial charge in [-0.15, -0.1) is 0 Å². The summed E-state index contributed by atoms with van der Waals surface area (Å²) in [6, 6.07) is 0. The Morgan fingerprint density at radius 3 is 1.91 bits per heavy atom. The van der Waals surface area contributed by atoms with E-state index >= 15 is 0 Å².